The highest BCUT2D eigenvalue weighted by Gasteiger charge is 2.22. The molecule has 4 heterocycles. The second-order valence-corrected chi connectivity index (χ2v) is 5.65. The maximum absolute atomic E-state index is 12.3. The molecule has 0 unspecified atom stereocenters. The molecule has 0 aromatic carbocycles. The summed E-state index contributed by atoms with van der Waals surface area (Å²) in [4.78, 5) is 21.7. The third-order valence-corrected chi connectivity index (χ3v) is 4.28. The topological polar surface area (TPSA) is 87.0 Å². The van der Waals surface area contributed by atoms with E-state index in [1.54, 1.807) is 11.0 Å². The Kier molecular flexibility index (Phi) is 3.53. The van der Waals surface area contributed by atoms with Crippen molar-refractivity contribution in [3.63, 3.8) is 0 Å². The Bertz CT molecular complexity index is 910. The molecule has 1 aliphatic rings. The summed E-state index contributed by atoms with van der Waals surface area (Å²) in [5.74, 6) is 0.975. The van der Waals surface area contributed by atoms with Crippen LogP contribution in [0.4, 0.5) is 5.82 Å². The van der Waals surface area contributed by atoms with Gasteiger partial charge < -0.3 is 19.7 Å². The standard InChI is InChI=1S/C17H17N5O2/c1-18-15-10-13(12-2-6-19-16(12)21-15)11-4-8-22(9-5-11)17(23)14-3-7-20-24-14/h2-4,6-7,10H,5,8-9H2,1H3,(H2,18,19,21). The summed E-state index contributed by atoms with van der Waals surface area (Å²) in [5, 5.41) is 7.78. The van der Waals surface area contributed by atoms with Gasteiger partial charge in [0.1, 0.15) is 11.5 Å². The Labute approximate surface area is 138 Å². The minimum absolute atomic E-state index is 0.125. The lowest BCUT2D eigenvalue weighted by Crippen LogP contribution is -2.34. The molecule has 2 N–H and O–H groups in total. The number of nitrogens with zero attached hydrogens (tertiary/aromatic N) is 3. The van der Waals surface area contributed by atoms with Crippen LogP contribution in [0, 0.1) is 0 Å². The van der Waals surface area contributed by atoms with Gasteiger partial charge in [0.25, 0.3) is 5.91 Å². The third kappa shape index (κ3) is 2.44. The Hall–Kier alpha value is -3.09. The van der Waals surface area contributed by atoms with Crippen LogP contribution < -0.4 is 5.32 Å². The van der Waals surface area contributed by atoms with Crippen molar-refractivity contribution in [3.05, 3.63) is 48.0 Å². The first kappa shape index (κ1) is 14.5. The van der Waals surface area contributed by atoms with Crippen LogP contribution in [0.2, 0.25) is 0 Å². The second-order valence-electron chi connectivity index (χ2n) is 5.65. The molecule has 122 valence electrons. The fourth-order valence-electron chi connectivity index (χ4n) is 3.01. The van der Waals surface area contributed by atoms with Crippen molar-refractivity contribution < 1.29 is 9.32 Å². The van der Waals surface area contributed by atoms with Gasteiger partial charge in [-0.15, -0.1) is 0 Å². The molecular formula is C17H17N5O2. The predicted molar refractivity (Wildman–Crippen MR) is 90.6 cm³/mol. The number of H-pyrrole nitrogens is 1. The lowest BCUT2D eigenvalue weighted by atomic mass is 9.97. The molecule has 0 bridgehead atoms. The van der Waals surface area contributed by atoms with Crippen LogP contribution in [0.3, 0.4) is 0 Å². The fourth-order valence-corrected chi connectivity index (χ4v) is 3.01. The minimum atomic E-state index is -0.125. The zero-order valence-electron chi connectivity index (χ0n) is 13.2. The van der Waals surface area contributed by atoms with Gasteiger partial charge in [-0.2, -0.15) is 0 Å². The van der Waals surface area contributed by atoms with Crippen molar-refractivity contribution in [2.45, 2.75) is 6.42 Å². The normalized spacial score (nSPS) is 14.7. The van der Waals surface area contributed by atoms with Crippen LogP contribution >= 0.6 is 0 Å². The first-order valence-electron chi connectivity index (χ1n) is 7.81. The van der Waals surface area contributed by atoms with Crippen LogP contribution in [-0.2, 0) is 0 Å². The summed E-state index contributed by atoms with van der Waals surface area (Å²) < 4.78 is 4.95. The summed E-state index contributed by atoms with van der Waals surface area (Å²) in [6.07, 6.45) is 6.26. The number of nitrogens with one attached hydrogen (secondary N) is 2. The highest BCUT2D eigenvalue weighted by Crippen LogP contribution is 2.30. The van der Waals surface area contributed by atoms with Gasteiger partial charge in [-0.05, 0) is 29.7 Å². The van der Waals surface area contributed by atoms with Gasteiger partial charge in [-0.3, -0.25) is 4.79 Å². The van der Waals surface area contributed by atoms with Crippen LogP contribution in [0.1, 0.15) is 22.5 Å². The molecule has 0 saturated carbocycles. The summed E-state index contributed by atoms with van der Waals surface area (Å²) >= 11 is 0. The lowest BCUT2D eigenvalue weighted by Gasteiger charge is -2.26. The van der Waals surface area contributed by atoms with E-state index in [0.29, 0.717) is 13.1 Å². The van der Waals surface area contributed by atoms with Crippen molar-refractivity contribution in [1.29, 1.82) is 0 Å². The molecule has 4 rings (SSSR count). The second kappa shape index (κ2) is 5.84. The van der Waals surface area contributed by atoms with E-state index < -0.39 is 0 Å². The van der Waals surface area contributed by atoms with E-state index in [2.05, 4.69) is 32.6 Å². The molecule has 3 aromatic heterocycles. The number of amides is 1. The number of carbonyl (C=O) groups is 1. The molecular weight excluding hydrogens is 306 g/mol. The van der Waals surface area contributed by atoms with Crippen molar-refractivity contribution in [1.82, 2.24) is 20.0 Å². The highest BCUT2D eigenvalue weighted by atomic mass is 16.5. The Balaban J connectivity index is 1.63. The number of rotatable bonds is 3. The molecule has 7 heteroatoms. The molecule has 0 spiro atoms. The highest BCUT2D eigenvalue weighted by molar-refractivity contribution is 5.94. The average molecular weight is 323 g/mol. The lowest BCUT2D eigenvalue weighted by molar-refractivity contribution is 0.0731. The van der Waals surface area contributed by atoms with Crippen molar-refractivity contribution in [2.75, 3.05) is 25.5 Å². The Morgan fingerprint density at radius 1 is 1.42 bits per heavy atom. The van der Waals surface area contributed by atoms with Gasteiger partial charge in [0.15, 0.2) is 0 Å². The molecule has 7 nitrogen and oxygen atoms in total. The van der Waals surface area contributed by atoms with Gasteiger partial charge in [-0.25, -0.2) is 4.98 Å². The third-order valence-electron chi connectivity index (χ3n) is 4.28. The van der Waals surface area contributed by atoms with Crippen LogP contribution in [-0.4, -0.2) is 46.1 Å². The van der Waals surface area contributed by atoms with E-state index in [4.69, 9.17) is 4.52 Å². The number of aromatic amines is 1. The number of fused-ring (bicyclic) bond motifs is 1. The SMILES string of the molecule is CNc1cc(C2=CCN(C(=O)c3ccno3)CC2)c2cc[nH]c2n1. The average Bonchev–Trinajstić information content (AvgIpc) is 3.31. The molecule has 3 aromatic rings. The Morgan fingerprint density at radius 2 is 2.33 bits per heavy atom. The summed E-state index contributed by atoms with van der Waals surface area (Å²) in [5.41, 5.74) is 3.23. The van der Waals surface area contributed by atoms with Crippen molar-refractivity contribution in [2.24, 2.45) is 0 Å². The molecule has 0 saturated heterocycles. The molecule has 24 heavy (non-hydrogen) atoms. The molecule has 1 aliphatic heterocycles. The van der Waals surface area contributed by atoms with Crippen LogP contribution in [0.25, 0.3) is 16.6 Å². The zero-order chi connectivity index (χ0) is 16.5. The minimum Gasteiger partial charge on any atom is -0.373 e. The summed E-state index contributed by atoms with van der Waals surface area (Å²) in [6.45, 7) is 1.20. The number of hydrogen-bond acceptors (Lipinski definition) is 5. The van der Waals surface area contributed by atoms with Crippen molar-refractivity contribution >= 4 is 28.3 Å². The molecule has 0 radical (unpaired) electrons. The predicted octanol–water partition coefficient (Wildman–Crippen LogP) is 2.52. The maximum Gasteiger partial charge on any atom is 0.292 e. The van der Waals surface area contributed by atoms with Crippen LogP contribution in [0.15, 0.2) is 41.2 Å². The van der Waals surface area contributed by atoms with Gasteiger partial charge in [-0.1, -0.05) is 11.2 Å². The van der Waals surface area contributed by atoms with E-state index in [1.165, 1.54) is 11.8 Å². The maximum atomic E-state index is 12.3. The Morgan fingerprint density at radius 3 is 3.04 bits per heavy atom. The quantitative estimate of drug-likeness (QED) is 0.773. The monoisotopic (exact) mass is 323 g/mol. The number of hydrogen-bond donors (Lipinski definition) is 2. The number of aromatic nitrogens is 3. The van der Waals surface area contributed by atoms with E-state index in [9.17, 15) is 4.79 Å². The fraction of sp³-hybridized carbons (Fsp3) is 0.235. The van der Waals surface area contributed by atoms with E-state index in [0.717, 1.165) is 28.8 Å². The molecule has 0 fully saturated rings. The number of carbonyl (C=O) groups excluding carboxylic acids is 1. The number of anilines is 1. The van der Waals surface area contributed by atoms with Crippen molar-refractivity contribution in [3.8, 4) is 0 Å². The largest absolute Gasteiger partial charge is 0.373 e. The molecule has 1 amide bonds. The molecule has 0 atom stereocenters. The van der Waals surface area contributed by atoms with Gasteiger partial charge in [0.2, 0.25) is 5.76 Å². The zero-order valence-corrected chi connectivity index (χ0v) is 13.2. The van der Waals surface area contributed by atoms with Crippen LogP contribution in [0.5, 0.6) is 0 Å². The summed E-state index contributed by atoms with van der Waals surface area (Å²) in [6, 6.07) is 5.67. The first-order chi connectivity index (χ1) is 11.8. The van der Waals surface area contributed by atoms with Gasteiger partial charge in [0, 0.05) is 37.8 Å². The van der Waals surface area contributed by atoms with E-state index in [-0.39, 0.29) is 11.7 Å². The first-order valence-corrected chi connectivity index (χ1v) is 7.81. The van der Waals surface area contributed by atoms with Gasteiger partial charge in [0.05, 0.1) is 6.20 Å². The smallest absolute Gasteiger partial charge is 0.292 e. The summed E-state index contributed by atoms with van der Waals surface area (Å²) in [7, 11) is 1.86. The molecule has 0 aliphatic carbocycles. The van der Waals surface area contributed by atoms with Gasteiger partial charge >= 0.3 is 0 Å². The van der Waals surface area contributed by atoms with E-state index in [1.807, 2.05) is 19.3 Å². The number of pyridine rings is 1. The van der Waals surface area contributed by atoms with E-state index >= 15 is 0 Å².